The average Bonchev–Trinajstić information content (AvgIpc) is 2.56. The van der Waals surface area contributed by atoms with Crippen molar-refractivity contribution >= 4 is 6.21 Å². The van der Waals surface area contributed by atoms with E-state index in [1.807, 2.05) is 0 Å². The maximum Gasteiger partial charge on any atom is 0.184 e. The molecule has 118 valence electrons. The number of hydrogen-bond donors (Lipinski definition) is 0. The fraction of sp³-hybridized carbons (Fsp3) is 0.750. The topological polar surface area (TPSA) is 3.01 Å². The zero-order valence-electron chi connectivity index (χ0n) is 14.2. The Morgan fingerprint density at radius 1 is 1.00 bits per heavy atom. The smallest absolute Gasteiger partial charge is 0.184 e. The minimum Gasteiger partial charge on any atom is -0.204 e. The van der Waals surface area contributed by atoms with Gasteiger partial charge in [-0.3, -0.25) is 0 Å². The first-order valence-corrected chi connectivity index (χ1v) is 9.16. The summed E-state index contributed by atoms with van der Waals surface area (Å²) < 4.78 is 2.62. The molecule has 0 heterocycles. The normalized spacial score (nSPS) is 23.8. The molecular formula is C20H34N+. The standard InChI is InChI=1S/C20H34N/c1-4-12-20(17(3)18-13-8-6-9-14-18)21(5-2)19-15-10-7-11-16-19/h4-5,18-19H,1,6-16H2,2-3H3/q+1/b20-17+,21-5?. The van der Waals surface area contributed by atoms with Gasteiger partial charge in [0.25, 0.3) is 0 Å². The Balaban J connectivity index is 2.23. The number of allylic oxidation sites excluding steroid dienone is 2. The van der Waals surface area contributed by atoms with E-state index in [0.717, 1.165) is 18.4 Å². The van der Waals surface area contributed by atoms with Crippen LogP contribution < -0.4 is 0 Å². The molecular weight excluding hydrogens is 254 g/mol. The summed E-state index contributed by atoms with van der Waals surface area (Å²) in [6.07, 6.45) is 19.5. The lowest BCUT2D eigenvalue weighted by molar-refractivity contribution is -0.522. The van der Waals surface area contributed by atoms with Gasteiger partial charge in [0.2, 0.25) is 0 Å². The van der Waals surface area contributed by atoms with Gasteiger partial charge >= 0.3 is 0 Å². The second kappa shape index (κ2) is 8.56. The van der Waals surface area contributed by atoms with Crippen LogP contribution in [0.15, 0.2) is 23.9 Å². The first kappa shape index (κ1) is 16.5. The van der Waals surface area contributed by atoms with Crippen LogP contribution in [0.2, 0.25) is 0 Å². The van der Waals surface area contributed by atoms with Crippen molar-refractivity contribution in [2.75, 3.05) is 0 Å². The summed E-state index contributed by atoms with van der Waals surface area (Å²) in [5, 5.41) is 0. The van der Waals surface area contributed by atoms with Crippen LogP contribution in [-0.4, -0.2) is 16.8 Å². The molecule has 0 unspecified atom stereocenters. The third-order valence-electron chi connectivity index (χ3n) is 5.57. The molecule has 0 saturated heterocycles. The quantitative estimate of drug-likeness (QED) is 0.339. The van der Waals surface area contributed by atoms with Crippen LogP contribution in [0.5, 0.6) is 0 Å². The molecule has 2 aliphatic carbocycles. The summed E-state index contributed by atoms with van der Waals surface area (Å²) in [6, 6.07) is 0.734. The van der Waals surface area contributed by atoms with Crippen molar-refractivity contribution in [1.29, 1.82) is 0 Å². The molecule has 0 atom stereocenters. The minimum absolute atomic E-state index is 0.734. The highest BCUT2D eigenvalue weighted by molar-refractivity contribution is 5.48. The van der Waals surface area contributed by atoms with E-state index in [4.69, 9.17) is 0 Å². The zero-order valence-corrected chi connectivity index (χ0v) is 14.2. The first-order chi connectivity index (χ1) is 10.3. The lowest BCUT2D eigenvalue weighted by Gasteiger charge is -2.26. The largest absolute Gasteiger partial charge is 0.204 e. The van der Waals surface area contributed by atoms with Gasteiger partial charge in [0.15, 0.2) is 11.7 Å². The molecule has 0 N–H and O–H groups in total. The fourth-order valence-corrected chi connectivity index (χ4v) is 4.32. The van der Waals surface area contributed by atoms with Crippen molar-refractivity contribution in [1.82, 2.24) is 0 Å². The van der Waals surface area contributed by atoms with E-state index in [-0.39, 0.29) is 0 Å². The molecule has 0 aromatic rings. The van der Waals surface area contributed by atoms with Crippen molar-refractivity contribution in [3.8, 4) is 0 Å². The van der Waals surface area contributed by atoms with E-state index in [1.165, 1.54) is 64.2 Å². The van der Waals surface area contributed by atoms with Crippen LogP contribution in [0.1, 0.15) is 84.5 Å². The molecule has 1 nitrogen and oxygen atoms in total. The predicted molar refractivity (Wildman–Crippen MR) is 93.0 cm³/mol. The summed E-state index contributed by atoms with van der Waals surface area (Å²) in [5.41, 5.74) is 3.21. The molecule has 2 saturated carbocycles. The van der Waals surface area contributed by atoms with E-state index in [9.17, 15) is 0 Å². The Kier molecular flexibility index (Phi) is 6.73. The Bertz CT molecular complexity index is 390. The molecule has 21 heavy (non-hydrogen) atoms. The van der Waals surface area contributed by atoms with E-state index in [2.05, 4.69) is 37.3 Å². The minimum atomic E-state index is 0.734. The van der Waals surface area contributed by atoms with Crippen molar-refractivity contribution in [2.45, 2.75) is 90.5 Å². The molecule has 0 radical (unpaired) electrons. The number of hydrogen-bond acceptors (Lipinski definition) is 0. The molecule has 0 spiro atoms. The van der Waals surface area contributed by atoms with Crippen LogP contribution in [0.4, 0.5) is 0 Å². The number of nitrogens with zero attached hydrogens (tertiary/aromatic N) is 1. The van der Waals surface area contributed by atoms with Gasteiger partial charge < -0.3 is 0 Å². The van der Waals surface area contributed by atoms with E-state index in [0.29, 0.717) is 0 Å². The van der Waals surface area contributed by atoms with Crippen LogP contribution in [0.25, 0.3) is 0 Å². The SMILES string of the molecule is C=CC/C(=C(/C)C1CCCCC1)[N+](=CC)C1CCCCC1. The summed E-state index contributed by atoms with van der Waals surface area (Å²) >= 11 is 0. The van der Waals surface area contributed by atoms with E-state index in [1.54, 1.807) is 11.3 Å². The molecule has 0 bridgehead atoms. The summed E-state index contributed by atoms with van der Waals surface area (Å²) in [7, 11) is 0. The lowest BCUT2D eigenvalue weighted by atomic mass is 9.82. The fourth-order valence-electron chi connectivity index (χ4n) is 4.32. The average molecular weight is 288 g/mol. The van der Waals surface area contributed by atoms with Crippen molar-refractivity contribution in [2.24, 2.45) is 5.92 Å². The summed E-state index contributed by atoms with van der Waals surface area (Å²) in [5.74, 6) is 0.819. The van der Waals surface area contributed by atoms with Crippen LogP contribution in [0.3, 0.4) is 0 Å². The first-order valence-electron chi connectivity index (χ1n) is 9.16. The third kappa shape index (κ3) is 4.31. The predicted octanol–water partition coefficient (Wildman–Crippen LogP) is 5.85. The van der Waals surface area contributed by atoms with Crippen LogP contribution in [-0.2, 0) is 0 Å². The van der Waals surface area contributed by atoms with E-state index >= 15 is 0 Å². The Morgan fingerprint density at radius 3 is 2.10 bits per heavy atom. The molecule has 2 rings (SSSR count). The molecule has 0 amide bonds. The van der Waals surface area contributed by atoms with Gasteiger partial charge in [-0.15, -0.1) is 6.58 Å². The van der Waals surface area contributed by atoms with Gasteiger partial charge in [0.05, 0.1) is 6.42 Å². The zero-order chi connectivity index (χ0) is 15.1. The van der Waals surface area contributed by atoms with Gasteiger partial charge in [-0.05, 0) is 44.1 Å². The molecule has 1 heteroatoms. The van der Waals surface area contributed by atoms with Crippen LogP contribution >= 0.6 is 0 Å². The maximum atomic E-state index is 4.02. The monoisotopic (exact) mass is 288 g/mol. The molecule has 0 aromatic heterocycles. The summed E-state index contributed by atoms with van der Waals surface area (Å²) in [4.78, 5) is 0. The maximum absolute atomic E-state index is 4.02. The molecule has 2 fully saturated rings. The Labute approximate surface area is 131 Å². The van der Waals surface area contributed by atoms with Gasteiger partial charge in [0.1, 0.15) is 6.21 Å². The van der Waals surface area contributed by atoms with Gasteiger partial charge in [-0.1, -0.05) is 31.8 Å². The van der Waals surface area contributed by atoms with Crippen molar-refractivity contribution in [3.05, 3.63) is 23.9 Å². The van der Waals surface area contributed by atoms with Crippen LogP contribution in [0, 0.1) is 5.92 Å². The second-order valence-corrected chi connectivity index (χ2v) is 6.91. The van der Waals surface area contributed by atoms with Crippen molar-refractivity contribution in [3.63, 3.8) is 0 Å². The van der Waals surface area contributed by atoms with Gasteiger partial charge in [-0.2, -0.15) is 0 Å². The Hall–Kier alpha value is -0.850. The highest BCUT2D eigenvalue weighted by atomic mass is 15.0. The number of rotatable bonds is 5. The second-order valence-electron chi connectivity index (χ2n) is 6.91. The van der Waals surface area contributed by atoms with Crippen molar-refractivity contribution < 1.29 is 4.58 Å². The lowest BCUT2D eigenvalue weighted by Crippen LogP contribution is -2.30. The molecule has 0 aliphatic heterocycles. The summed E-state index contributed by atoms with van der Waals surface area (Å²) in [6.45, 7) is 8.63. The van der Waals surface area contributed by atoms with Gasteiger partial charge in [0, 0.05) is 19.8 Å². The Morgan fingerprint density at radius 2 is 1.57 bits per heavy atom. The highest BCUT2D eigenvalue weighted by Gasteiger charge is 2.29. The van der Waals surface area contributed by atoms with E-state index < -0.39 is 0 Å². The molecule has 0 aromatic carbocycles. The highest BCUT2D eigenvalue weighted by Crippen LogP contribution is 2.33. The van der Waals surface area contributed by atoms with Gasteiger partial charge in [-0.25, -0.2) is 4.58 Å². The molecule has 2 aliphatic rings. The third-order valence-corrected chi connectivity index (χ3v) is 5.57.